The van der Waals surface area contributed by atoms with Crippen molar-refractivity contribution in [1.29, 1.82) is 0 Å². The number of guanidine groups is 2. The summed E-state index contributed by atoms with van der Waals surface area (Å²) in [5, 5.41) is 23.1. The number of nitrogens with zero attached hydrogens (tertiary/aromatic N) is 3. The van der Waals surface area contributed by atoms with E-state index in [-0.39, 0.29) is 102 Å². The van der Waals surface area contributed by atoms with Crippen molar-refractivity contribution in [2.24, 2.45) is 56.0 Å². The SMILES string of the molecule is CSCC[C@H](NC(=O)[C@H](Cc1c[nH]c2ccccc12)NC(=O)[C@H](Cc1ccccc1)NC(C)=O)C(=O)N[C@@H](CCCCN)C(=O)N[C@@H](CCCN=C(N)N)C(=O)N[C@@H](CCCCN)C(=O)N[C@@H](CCCN=C(N)N)C(=O)N[C@H](C(=O)N1CCC[C@H]1C(N)=O)C(C)C. The fourth-order valence-electron chi connectivity index (χ4n) is 10.5. The lowest BCUT2D eigenvalue weighted by molar-refractivity contribution is -0.142. The number of carbonyl (C=O) groups is 10. The number of H-pyrrole nitrogens is 1. The van der Waals surface area contributed by atoms with Gasteiger partial charge in [0.2, 0.25) is 59.1 Å². The van der Waals surface area contributed by atoms with Crippen LogP contribution in [0.15, 0.2) is 70.8 Å². The number of thioether (sulfide) groups is 1. The first kappa shape index (κ1) is 75.0. The second-order valence-corrected chi connectivity index (χ2v) is 23.9. The largest absolute Gasteiger partial charge is 0.370 e. The monoisotopic (exact) mass is 1290 g/mol. The van der Waals surface area contributed by atoms with Gasteiger partial charge in [0.1, 0.15) is 54.4 Å². The average Bonchev–Trinajstić information content (AvgIpc) is 1.87. The van der Waals surface area contributed by atoms with Crippen LogP contribution in [0.4, 0.5) is 0 Å². The van der Waals surface area contributed by atoms with E-state index in [0.29, 0.717) is 49.8 Å². The van der Waals surface area contributed by atoms with Crippen molar-refractivity contribution in [3.63, 3.8) is 0 Å². The number of hydrogen-bond donors (Lipinski definition) is 16. The molecule has 1 aliphatic heterocycles. The molecule has 502 valence electrons. The van der Waals surface area contributed by atoms with Gasteiger partial charge in [0, 0.05) is 56.5 Å². The van der Waals surface area contributed by atoms with Gasteiger partial charge in [-0.3, -0.25) is 57.9 Å². The van der Waals surface area contributed by atoms with E-state index in [0.717, 1.165) is 16.5 Å². The standard InChI is InChI=1S/C61H97N19O10S/c1-36(2)50(59(90)80-31-16-25-49(80)51(64)82)79-56(87)45(24-15-30-70-61(67)68)76-53(84)42(21-10-12-27-62)73-54(85)44(23-14-29-69-60(65)66)75-52(83)43(22-11-13-28-63)74-55(86)46(26-32-91-4)77-58(89)48(34-39-35-71-41-20-9-8-19-40(39)41)78-57(88)47(72-37(3)81)33-38-17-6-5-7-18-38/h5-9,17-20,35-36,42-50,71H,10-16,21-34,62-63H2,1-4H3,(H2,64,82)(H,72,81)(H,73,85)(H,74,86)(H,75,83)(H,76,84)(H,77,89)(H,78,88)(H,79,87)(H4,65,66,69)(H4,67,68,70)/t42-,43-,44-,45-,46-,47-,48-,49-,50-/m0/s1. The molecule has 0 unspecified atom stereocenters. The van der Waals surface area contributed by atoms with E-state index in [1.807, 2.05) is 48.7 Å². The number of fused-ring (bicyclic) bond motifs is 1. The summed E-state index contributed by atoms with van der Waals surface area (Å²) in [5.74, 6) is -7.41. The fraction of sp³-hybridized carbons (Fsp3) is 0.574. The number of amides is 10. The summed E-state index contributed by atoms with van der Waals surface area (Å²) in [6.45, 7) is 5.59. The van der Waals surface area contributed by atoms with Crippen LogP contribution < -0.4 is 82.7 Å². The van der Waals surface area contributed by atoms with Crippen molar-refractivity contribution in [3.8, 4) is 0 Å². The molecule has 0 saturated carbocycles. The molecule has 3 aromatic rings. The Kier molecular flexibility index (Phi) is 32.6. The number of aromatic nitrogens is 1. The number of nitrogens with two attached hydrogens (primary N) is 7. The molecule has 2 aromatic carbocycles. The van der Waals surface area contributed by atoms with Gasteiger partial charge in [-0.05, 0) is 132 Å². The number of aromatic amines is 1. The summed E-state index contributed by atoms with van der Waals surface area (Å²) in [4.78, 5) is 153. The maximum absolute atomic E-state index is 14.7. The second kappa shape index (κ2) is 39.6. The van der Waals surface area contributed by atoms with Crippen LogP contribution in [0.25, 0.3) is 10.9 Å². The zero-order valence-electron chi connectivity index (χ0n) is 52.8. The molecule has 0 spiro atoms. The molecule has 2 heterocycles. The van der Waals surface area contributed by atoms with Gasteiger partial charge in [0.25, 0.3) is 0 Å². The van der Waals surface area contributed by atoms with Crippen molar-refractivity contribution in [2.45, 2.75) is 171 Å². The molecule has 4 rings (SSSR count). The zero-order chi connectivity index (χ0) is 67.0. The number of unbranched alkanes of at least 4 members (excludes halogenated alkanes) is 2. The lowest BCUT2D eigenvalue weighted by Gasteiger charge is -2.31. The minimum absolute atomic E-state index is 0.0231. The highest BCUT2D eigenvalue weighted by molar-refractivity contribution is 7.98. The van der Waals surface area contributed by atoms with Crippen LogP contribution in [0.1, 0.15) is 115 Å². The van der Waals surface area contributed by atoms with Crippen LogP contribution in [-0.2, 0) is 60.8 Å². The summed E-state index contributed by atoms with van der Waals surface area (Å²) in [5.41, 5.74) is 42.0. The number of para-hydroxylation sites is 1. The van der Waals surface area contributed by atoms with Crippen molar-refractivity contribution in [2.75, 3.05) is 44.7 Å². The molecular weight excluding hydrogens is 1190 g/mol. The van der Waals surface area contributed by atoms with Crippen LogP contribution >= 0.6 is 11.8 Å². The van der Waals surface area contributed by atoms with E-state index >= 15 is 0 Å². The summed E-state index contributed by atoms with van der Waals surface area (Å²) in [6, 6.07) is 5.55. The number of nitrogens with one attached hydrogen (secondary N) is 9. The van der Waals surface area contributed by atoms with Crippen LogP contribution in [-0.4, -0.2) is 180 Å². The second-order valence-electron chi connectivity index (χ2n) is 22.9. The molecule has 23 N–H and O–H groups in total. The van der Waals surface area contributed by atoms with E-state index in [2.05, 4.69) is 57.5 Å². The molecule has 1 fully saturated rings. The number of likely N-dealkylation sites (tertiary alicyclic amines) is 1. The van der Waals surface area contributed by atoms with Gasteiger partial charge >= 0.3 is 0 Å². The van der Waals surface area contributed by atoms with E-state index in [1.165, 1.54) is 23.6 Å². The topological polar surface area (TPSA) is 493 Å². The van der Waals surface area contributed by atoms with Gasteiger partial charge in [0.15, 0.2) is 11.9 Å². The van der Waals surface area contributed by atoms with Gasteiger partial charge in [0.05, 0.1) is 0 Å². The molecule has 1 aromatic heterocycles. The molecule has 9 atom stereocenters. The molecule has 10 amide bonds. The van der Waals surface area contributed by atoms with Crippen LogP contribution in [0, 0.1) is 5.92 Å². The van der Waals surface area contributed by atoms with E-state index in [9.17, 15) is 47.9 Å². The van der Waals surface area contributed by atoms with Crippen LogP contribution in [0.2, 0.25) is 0 Å². The molecule has 1 aliphatic rings. The Bertz CT molecular complexity index is 2940. The predicted molar refractivity (Wildman–Crippen MR) is 351 cm³/mol. The summed E-state index contributed by atoms with van der Waals surface area (Å²) < 4.78 is 0. The maximum Gasteiger partial charge on any atom is 0.246 e. The minimum Gasteiger partial charge on any atom is -0.370 e. The first-order valence-electron chi connectivity index (χ1n) is 31.1. The van der Waals surface area contributed by atoms with Gasteiger partial charge in [-0.2, -0.15) is 11.8 Å². The number of primary amides is 1. The van der Waals surface area contributed by atoms with Crippen molar-refractivity contribution >= 4 is 93.7 Å². The Morgan fingerprint density at radius 3 is 1.46 bits per heavy atom. The molecule has 1 saturated heterocycles. The van der Waals surface area contributed by atoms with Crippen molar-refractivity contribution in [3.05, 3.63) is 71.9 Å². The molecule has 29 nitrogen and oxygen atoms in total. The quantitative estimate of drug-likeness (QED) is 0.0168. The van der Waals surface area contributed by atoms with Gasteiger partial charge in [-0.1, -0.05) is 62.4 Å². The first-order valence-corrected chi connectivity index (χ1v) is 32.5. The molecule has 0 aliphatic carbocycles. The third-order valence-corrected chi connectivity index (χ3v) is 16.0. The Hall–Kier alpha value is -8.51. The first-order chi connectivity index (χ1) is 43.5. The highest BCUT2D eigenvalue weighted by atomic mass is 32.2. The number of benzene rings is 2. The lowest BCUT2D eigenvalue weighted by Crippen LogP contribution is -2.61. The minimum atomic E-state index is -1.38. The number of rotatable bonds is 41. The molecule has 0 radical (unpaired) electrons. The van der Waals surface area contributed by atoms with Crippen molar-refractivity contribution in [1.82, 2.24) is 52.4 Å². The summed E-state index contributed by atoms with van der Waals surface area (Å²) >= 11 is 1.40. The average molecular weight is 1290 g/mol. The Morgan fingerprint density at radius 2 is 1.00 bits per heavy atom. The highest BCUT2D eigenvalue weighted by Crippen LogP contribution is 2.22. The predicted octanol–water partition coefficient (Wildman–Crippen LogP) is -1.90. The third-order valence-electron chi connectivity index (χ3n) is 15.4. The third kappa shape index (κ3) is 25.7. The normalized spacial score (nSPS) is 15.5. The Balaban J connectivity index is 1.65. The smallest absolute Gasteiger partial charge is 0.246 e. The van der Waals surface area contributed by atoms with Gasteiger partial charge in [-0.15, -0.1) is 0 Å². The van der Waals surface area contributed by atoms with E-state index in [1.54, 1.807) is 32.2 Å². The number of aliphatic imine (C=N–C) groups is 2. The maximum atomic E-state index is 14.7. The highest BCUT2D eigenvalue weighted by Gasteiger charge is 2.40. The van der Waals surface area contributed by atoms with E-state index in [4.69, 9.17) is 40.1 Å². The van der Waals surface area contributed by atoms with Crippen LogP contribution in [0.5, 0.6) is 0 Å². The molecule has 0 bridgehead atoms. The number of carbonyl (C=O) groups excluding carboxylic acids is 10. The van der Waals surface area contributed by atoms with Crippen molar-refractivity contribution < 1.29 is 47.9 Å². The fourth-order valence-corrected chi connectivity index (χ4v) is 11.0. The Morgan fingerprint density at radius 1 is 0.560 bits per heavy atom. The zero-order valence-corrected chi connectivity index (χ0v) is 53.6. The lowest BCUT2D eigenvalue weighted by atomic mass is 10.0. The molecular formula is C61H97N19O10S. The number of hydrogen-bond acceptors (Lipinski definition) is 15. The summed E-state index contributed by atoms with van der Waals surface area (Å²) in [7, 11) is 0. The van der Waals surface area contributed by atoms with Gasteiger partial charge in [-0.25, -0.2) is 0 Å². The van der Waals surface area contributed by atoms with E-state index < -0.39 is 119 Å². The summed E-state index contributed by atoms with van der Waals surface area (Å²) in [6.07, 6.45) is 6.49. The molecule has 30 heteroatoms. The molecule has 91 heavy (non-hydrogen) atoms. The Labute approximate surface area is 536 Å². The van der Waals surface area contributed by atoms with Crippen LogP contribution in [0.3, 0.4) is 0 Å². The van der Waals surface area contributed by atoms with Gasteiger partial charge < -0.3 is 92.6 Å².